The van der Waals surface area contributed by atoms with Crippen LogP contribution in [0.1, 0.15) is 75.7 Å². The first-order valence-electron chi connectivity index (χ1n) is 13.9. The summed E-state index contributed by atoms with van der Waals surface area (Å²) in [6, 6.07) is 8.50. The van der Waals surface area contributed by atoms with Crippen molar-refractivity contribution in [3.05, 3.63) is 30.0 Å². The molecule has 2 fully saturated rings. The van der Waals surface area contributed by atoms with E-state index < -0.39 is 5.97 Å². The summed E-state index contributed by atoms with van der Waals surface area (Å²) in [6.07, 6.45) is 9.49. The largest absolute Gasteiger partial charge is 0.493 e. The lowest BCUT2D eigenvalue weighted by Gasteiger charge is -2.25. The van der Waals surface area contributed by atoms with Gasteiger partial charge in [0.15, 0.2) is 5.69 Å². The molecule has 8 heteroatoms. The van der Waals surface area contributed by atoms with E-state index in [0.29, 0.717) is 48.8 Å². The molecule has 0 amide bonds. The Bertz CT molecular complexity index is 956. The minimum absolute atomic E-state index is 0.0436. The van der Waals surface area contributed by atoms with Gasteiger partial charge >= 0.3 is 5.97 Å². The third-order valence-electron chi connectivity index (χ3n) is 6.84. The van der Waals surface area contributed by atoms with E-state index in [4.69, 9.17) is 14.2 Å². The highest BCUT2D eigenvalue weighted by atomic mass is 16.5. The Kier molecular flexibility index (Phi) is 12.4. The number of ether oxygens (including phenoxy) is 3. The summed E-state index contributed by atoms with van der Waals surface area (Å²) >= 11 is 0. The van der Waals surface area contributed by atoms with Crippen molar-refractivity contribution in [1.29, 1.82) is 0 Å². The van der Waals surface area contributed by atoms with Gasteiger partial charge in [-0.1, -0.05) is 39.2 Å². The molecule has 3 N–H and O–H groups in total. The number of para-hydroxylation sites is 1. The van der Waals surface area contributed by atoms with Crippen LogP contribution in [0.15, 0.2) is 24.3 Å². The van der Waals surface area contributed by atoms with Crippen LogP contribution in [0.4, 0.5) is 0 Å². The first-order valence-corrected chi connectivity index (χ1v) is 13.9. The van der Waals surface area contributed by atoms with Crippen molar-refractivity contribution >= 4 is 16.9 Å². The van der Waals surface area contributed by atoms with Crippen molar-refractivity contribution in [2.45, 2.75) is 77.3 Å². The van der Waals surface area contributed by atoms with Crippen molar-refractivity contribution in [2.24, 2.45) is 5.92 Å². The topological polar surface area (TPSA) is 102 Å². The van der Waals surface area contributed by atoms with Gasteiger partial charge in [-0.3, -0.25) is 0 Å². The molecule has 1 aliphatic carbocycles. The number of nitrogens with one attached hydrogen (secondary N) is 2. The maximum absolute atomic E-state index is 11.5. The highest BCUT2D eigenvalue weighted by Gasteiger charge is 2.18. The zero-order valence-corrected chi connectivity index (χ0v) is 22.8. The highest BCUT2D eigenvalue weighted by Crippen LogP contribution is 2.33. The summed E-state index contributed by atoms with van der Waals surface area (Å²) in [5.41, 5.74) is 0.493. The number of carbonyl (C=O) groups is 1. The number of aromatic nitrogens is 1. The van der Waals surface area contributed by atoms with Crippen LogP contribution in [-0.2, 0) is 4.74 Å². The van der Waals surface area contributed by atoms with Crippen LogP contribution in [-0.4, -0.2) is 68.2 Å². The summed E-state index contributed by atoms with van der Waals surface area (Å²) in [7, 11) is 1.64. The molecule has 37 heavy (non-hydrogen) atoms. The van der Waals surface area contributed by atoms with E-state index in [1.165, 1.54) is 64.1 Å². The monoisotopic (exact) mass is 515 g/mol. The number of nitrogens with zero attached hydrogens (tertiary/aromatic N) is 1. The number of carboxylic acids is 1. The lowest BCUT2D eigenvalue weighted by Crippen LogP contribution is -2.42. The third-order valence-corrected chi connectivity index (χ3v) is 6.84. The molecule has 1 aromatic heterocycles. The first-order chi connectivity index (χ1) is 18.0. The number of rotatable bonds is 11. The lowest BCUT2D eigenvalue weighted by molar-refractivity contribution is 0.0690. The molecule has 1 aliphatic heterocycles. The fourth-order valence-electron chi connectivity index (χ4n) is 4.94. The summed E-state index contributed by atoms with van der Waals surface area (Å²) in [6.45, 7) is 8.46. The Morgan fingerprint density at radius 2 is 1.84 bits per heavy atom. The normalized spacial score (nSPS) is 16.9. The van der Waals surface area contributed by atoms with E-state index in [0.717, 1.165) is 17.8 Å². The summed E-state index contributed by atoms with van der Waals surface area (Å²) in [4.78, 5) is 15.8. The number of hydrogen-bond donors (Lipinski definition) is 3. The van der Waals surface area contributed by atoms with Crippen LogP contribution in [0.2, 0.25) is 0 Å². The molecule has 1 saturated carbocycles. The number of fused-ring (bicyclic) bond motifs is 1. The summed E-state index contributed by atoms with van der Waals surface area (Å²) < 4.78 is 16.9. The maximum Gasteiger partial charge on any atom is 0.354 e. The number of methoxy groups -OCH3 is 1. The number of benzene rings is 1. The molecule has 206 valence electrons. The predicted octanol–water partition coefficient (Wildman–Crippen LogP) is 5.04. The number of pyridine rings is 1. The molecule has 2 aliphatic rings. The molecular formula is C29H45N3O5. The van der Waals surface area contributed by atoms with Crippen molar-refractivity contribution in [2.75, 3.05) is 40.0 Å². The Labute approximate surface area is 221 Å². The van der Waals surface area contributed by atoms with Crippen molar-refractivity contribution < 1.29 is 24.1 Å². The maximum atomic E-state index is 11.5. The van der Waals surface area contributed by atoms with Gasteiger partial charge in [0.2, 0.25) is 0 Å². The SMILES string of the molecule is CC(C)NC1CCNCC1.COCCCOc1cc(C(=O)O)nc2c(OCC3CCCCC3)cccc12. The fourth-order valence-corrected chi connectivity index (χ4v) is 4.94. The second kappa shape index (κ2) is 15.7. The lowest BCUT2D eigenvalue weighted by atomic mass is 9.90. The molecule has 8 nitrogen and oxygen atoms in total. The number of hydrogen-bond acceptors (Lipinski definition) is 7. The molecule has 1 saturated heterocycles. The van der Waals surface area contributed by atoms with Gasteiger partial charge in [0.25, 0.3) is 0 Å². The zero-order chi connectivity index (χ0) is 26.5. The van der Waals surface area contributed by atoms with Gasteiger partial charge in [-0.05, 0) is 56.8 Å². The average molecular weight is 516 g/mol. The fraction of sp³-hybridized carbons (Fsp3) is 0.655. The van der Waals surface area contributed by atoms with E-state index in [-0.39, 0.29) is 5.69 Å². The Balaban J connectivity index is 0.000000319. The summed E-state index contributed by atoms with van der Waals surface area (Å²) in [5, 5.41) is 17.1. The van der Waals surface area contributed by atoms with E-state index >= 15 is 0 Å². The Morgan fingerprint density at radius 1 is 1.08 bits per heavy atom. The molecule has 0 unspecified atom stereocenters. The van der Waals surface area contributed by atoms with Crippen molar-refractivity contribution in [1.82, 2.24) is 15.6 Å². The molecule has 0 radical (unpaired) electrons. The Morgan fingerprint density at radius 3 is 2.51 bits per heavy atom. The van der Waals surface area contributed by atoms with Crippen molar-refractivity contribution in [3.8, 4) is 11.5 Å². The van der Waals surface area contributed by atoms with Crippen LogP contribution in [0.5, 0.6) is 11.5 Å². The highest BCUT2D eigenvalue weighted by molar-refractivity contribution is 5.95. The van der Waals surface area contributed by atoms with Gasteiger partial charge in [0, 0.05) is 43.7 Å². The minimum Gasteiger partial charge on any atom is -0.493 e. The standard InChI is InChI=1S/C21H27NO5.C8H18N2/c1-25-11-6-12-26-19-13-17(21(23)24)22-20-16(19)9-5-10-18(20)27-14-15-7-3-2-4-8-15;1-7(2)10-8-3-5-9-6-4-8/h5,9-10,13,15H,2-4,6-8,11-12,14H2,1H3,(H,23,24);7-10H,3-6H2,1-2H3. The second-order valence-corrected chi connectivity index (χ2v) is 10.3. The van der Waals surface area contributed by atoms with Gasteiger partial charge in [0.1, 0.15) is 17.0 Å². The average Bonchev–Trinajstić information content (AvgIpc) is 2.91. The van der Waals surface area contributed by atoms with Crippen LogP contribution >= 0.6 is 0 Å². The van der Waals surface area contributed by atoms with Crippen LogP contribution in [0.3, 0.4) is 0 Å². The van der Waals surface area contributed by atoms with Crippen LogP contribution in [0.25, 0.3) is 10.9 Å². The molecule has 0 bridgehead atoms. The van der Waals surface area contributed by atoms with Gasteiger partial charge < -0.3 is 30.0 Å². The van der Waals surface area contributed by atoms with Gasteiger partial charge in [0.05, 0.1) is 13.2 Å². The van der Waals surface area contributed by atoms with Crippen molar-refractivity contribution in [3.63, 3.8) is 0 Å². The first kappa shape index (κ1) is 29.1. The molecule has 4 rings (SSSR count). The third kappa shape index (κ3) is 9.76. The number of aromatic carboxylic acids is 1. The molecule has 2 heterocycles. The minimum atomic E-state index is -1.08. The smallest absolute Gasteiger partial charge is 0.354 e. The van der Waals surface area contributed by atoms with E-state index in [1.807, 2.05) is 18.2 Å². The quantitative estimate of drug-likeness (QED) is 0.358. The second-order valence-electron chi connectivity index (χ2n) is 10.3. The molecule has 0 spiro atoms. The molecule has 1 aromatic carbocycles. The number of piperidine rings is 1. The summed E-state index contributed by atoms with van der Waals surface area (Å²) in [5.74, 6) is 0.599. The molecule has 2 aromatic rings. The number of carboxylic acid groups (broad SMARTS) is 1. The van der Waals surface area contributed by atoms with E-state index in [1.54, 1.807) is 7.11 Å². The van der Waals surface area contributed by atoms with E-state index in [2.05, 4.69) is 29.5 Å². The van der Waals surface area contributed by atoms with E-state index in [9.17, 15) is 9.90 Å². The van der Waals surface area contributed by atoms with Gasteiger partial charge in [-0.25, -0.2) is 9.78 Å². The van der Waals surface area contributed by atoms with Gasteiger partial charge in [-0.2, -0.15) is 0 Å². The van der Waals surface area contributed by atoms with Crippen LogP contribution < -0.4 is 20.1 Å². The van der Waals surface area contributed by atoms with Crippen LogP contribution in [0, 0.1) is 5.92 Å². The predicted molar refractivity (Wildman–Crippen MR) is 147 cm³/mol. The zero-order valence-electron chi connectivity index (χ0n) is 22.8. The van der Waals surface area contributed by atoms with Gasteiger partial charge in [-0.15, -0.1) is 0 Å². The molecular weight excluding hydrogens is 470 g/mol. The molecule has 0 atom stereocenters. The Hall–Kier alpha value is -2.42.